The lowest BCUT2D eigenvalue weighted by molar-refractivity contribution is -0.124. The number of sulfonamides is 1. The first-order valence-corrected chi connectivity index (χ1v) is 13.1. The maximum atomic E-state index is 13.4. The Hall–Kier alpha value is -2.38. The predicted molar refractivity (Wildman–Crippen MR) is 127 cm³/mol. The average molecular weight is 454 g/mol. The zero-order valence-electron chi connectivity index (χ0n) is 18.8. The van der Waals surface area contributed by atoms with Crippen molar-refractivity contribution in [3.05, 3.63) is 53.6 Å². The van der Waals surface area contributed by atoms with E-state index in [1.165, 1.54) is 5.56 Å². The fourth-order valence-corrected chi connectivity index (χ4v) is 6.69. The molecule has 2 aromatic carbocycles. The molecule has 7 heteroatoms. The first-order chi connectivity index (χ1) is 15.3. The third-order valence-electron chi connectivity index (χ3n) is 7.23. The molecule has 3 aliphatic rings. The van der Waals surface area contributed by atoms with E-state index in [1.807, 2.05) is 17.0 Å². The van der Waals surface area contributed by atoms with Crippen LogP contribution in [-0.4, -0.2) is 50.9 Å². The molecule has 2 aliphatic heterocycles. The first kappa shape index (κ1) is 21.5. The molecule has 1 atom stereocenters. The number of rotatable bonds is 4. The van der Waals surface area contributed by atoms with Gasteiger partial charge in [-0.1, -0.05) is 18.6 Å². The number of aryl methyl sites for hydroxylation is 1. The molecule has 170 valence electrons. The predicted octanol–water partition coefficient (Wildman–Crippen LogP) is 3.58. The quantitative estimate of drug-likeness (QED) is 0.710. The summed E-state index contributed by atoms with van der Waals surface area (Å²) in [5.41, 5.74) is 4.19. The molecular weight excluding hydrogens is 422 g/mol. The minimum absolute atomic E-state index is 0.0883. The molecule has 0 bridgehead atoms. The van der Waals surface area contributed by atoms with Gasteiger partial charge in [0.05, 0.1) is 4.90 Å². The number of carbonyl (C=O) groups excluding carboxylic acids is 1. The Kier molecular flexibility index (Phi) is 5.50. The molecule has 1 saturated heterocycles. The van der Waals surface area contributed by atoms with E-state index in [4.69, 9.17) is 0 Å². The number of nitrogens with zero attached hydrogens (tertiary/aromatic N) is 3. The molecule has 2 heterocycles. The van der Waals surface area contributed by atoms with Crippen molar-refractivity contribution in [1.82, 2.24) is 4.31 Å². The highest BCUT2D eigenvalue weighted by Gasteiger charge is 2.36. The van der Waals surface area contributed by atoms with Gasteiger partial charge in [0.1, 0.15) is 0 Å². The Morgan fingerprint density at radius 1 is 1.03 bits per heavy atom. The van der Waals surface area contributed by atoms with Crippen LogP contribution < -0.4 is 9.80 Å². The van der Waals surface area contributed by atoms with Crippen LogP contribution in [0.3, 0.4) is 0 Å². The summed E-state index contributed by atoms with van der Waals surface area (Å²) >= 11 is 0. The maximum absolute atomic E-state index is 13.4. The molecule has 6 nitrogen and oxygen atoms in total. The number of benzene rings is 2. The van der Waals surface area contributed by atoms with Crippen LogP contribution in [-0.2, 0) is 21.2 Å². The summed E-state index contributed by atoms with van der Waals surface area (Å²) in [5, 5.41) is 0. The number of amides is 1. The third kappa shape index (κ3) is 3.71. The van der Waals surface area contributed by atoms with E-state index >= 15 is 0 Å². The normalized spacial score (nSPS) is 22.0. The van der Waals surface area contributed by atoms with Gasteiger partial charge in [0, 0.05) is 49.5 Å². The lowest BCUT2D eigenvalue weighted by atomic mass is 9.84. The second-order valence-corrected chi connectivity index (χ2v) is 11.3. The van der Waals surface area contributed by atoms with Crippen molar-refractivity contribution in [2.75, 3.05) is 36.0 Å². The Morgan fingerprint density at radius 3 is 2.53 bits per heavy atom. The van der Waals surface area contributed by atoms with Crippen molar-refractivity contribution >= 4 is 27.3 Å². The van der Waals surface area contributed by atoms with Gasteiger partial charge in [-0.25, -0.2) is 8.42 Å². The molecule has 32 heavy (non-hydrogen) atoms. The monoisotopic (exact) mass is 453 g/mol. The molecule has 1 saturated carbocycles. The van der Waals surface area contributed by atoms with Gasteiger partial charge in [0.2, 0.25) is 15.9 Å². The molecule has 5 rings (SSSR count). The van der Waals surface area contributed by atoms with Crippen molar-refractivity contribution < 1.29 is 13.2 Å². The topological polar surface area (TPSA) is 60.9 Å². The van der Waals surface area contributed by atoms with Crippen molar-refractivity contribution in [2.24, 2.45) is 5.92 Å². The number of anilines is 2. The number of carbonyl (C=O) groups is 1. The number of fused-ring (bicyclic) bond motifs is 1. The third-order valence-corrected chi connectivity index (χ3v) is 9.09. The Morgan fingerprint density at radius 2 is 1.84 bits per heavy atom. The molecule has 1 aliphatic carbocycles. The van der Waals surface area contributed by atoms with Crippen LogP contribution >= 0.6 is 0 Å². The van der Waals surface area contributed by atoms with Crippen molar-refractivity contribution in [2.45, 2.75) is 50.5 Å². The van der Waals surface area contributed by atoms with Crippen molar-refractivity contribution in [3.63, 3.8) is 0 Å². The fraction of sp³-hybridized carbons (Fsp3) is 0.480. The zero-order valence-corrected chi connectivity index (χ0v) is 19.6. The van der Waals surface area contributed by atoms with Crippen LogP contribution in [0.5, 0.6) is 0 Å². The second kappa shape index (κ2) is 8.19. The molecule has 0 spiro atoms. The van der Waals surface area contributed by atoms with Crippen LogP contribution in [0.2, 0.25) is 0 Å². The lowest BCUT2D eigenvalue weighted by Gasteiger charge is -2.40. The largest absolute Gasteiger partial charge is 0.366 e. The second-order valence-electron chi connectivity index (χ2n) is 9.40. The molecule has 0 radical (unpaired) electrons. The minimum atomic E-state index is -3.57. The molecule has 0 N–H and O–H groups in total. The molecule has 0 aromatic heterocycles. The van der Waals surface area contributed by atoms with Crippen LogP contribution in [0.25, 0.3) is 0 Å². The standard InChI is InChI=1S/C25H31N3O3S/c1-18-5-3-8-22(15-18)27-14-13-26(17-19(27)2)32(30,31)23-9-10-24-21(16-23)11-12-28(24)25(29)20-6-4-7-20/h3,5,8-10,15-16,19-20H,4,6-7,11-14,17H2,1-2H3. The van der Waals surface area contributed by atoms with E-state index < -0.39 is 10.0 Å². The van der Waals surface area contributed by atoms with Crippen LogP contribution in [0, 0.1) is 12.8 Å². The molecule has 2 fully saturated rings. The Bertz CT molecular complexity index is 1140. The van der Waals surface area contributed by atoms with Crippen molar-refractivity contribution in [1.29, 1.82) is 0 Å². The van der Waals surface area contributed by atoms with Gasteiger partial charge < -0.3 is 9.80 Å². The smallest absolute Gasteiger partial charge is 0.243 e. The fourth-order valence-electron chi connectivity index (χ4n) is 5.12. The van der Waals surface area contributed by atoms with Gasteiger partial charge in [-0.15, -0.1) is 0 Å². The first-order valence-electron chi connectivity index (χ1n) is 11.6. The Labute approximate surface area is 190 Å². The van der Waals surface area contributed by atoms with Crippen LogP contribution in [0.15, 0.2) is 47.4 Å². The van der Waals surface area contributed by atoms with E-state index in [9.17, 15) is 13.2 Å². The van der Waals surface area contributed by atoms with Gasteiger partial charge in [0.15, 0.2) is 0 Å². The molecule has 1 unspecified atom stereocenters. The highest BCUT2D eigenvalue weighted by atomic mass is 32.2. The van der Waals surface area contributed by atoms with E-state index in [1.54, 1.807) is 16.4 Å². The summed E-state index contributed by atoms with van der Waals surface area (Å²) in [6.07, 6.45) is 3.80. The van der Waals surface area contributed by atoms with Gasteiger partial charge >= 0.3 is 0 Å². The molecular formula is C25H31N3O3S. The minimum Gasteiger partial charge on any atom is -0.366 e. The van der Waals surface area contributed by atoms with Gasteiger partial charge in [-0.05, 0) is 74.6 Å². The van der Waals surface area contributed by atoms with E-state index in [0.717, 1.165) is 36.2 Å². The number of piperazine rings is 1. The van der Waals surface area contributed by atoms with Gasteiger partial charge in [0.25, 0.3) is 0 Å². The zero-order chi connectivity index (χ0) is 22.5. The summed E-state index contributed by atoms with van der Waals surface area (Å²) in [7, 11) is -3.57. The molecule has 2 aromatic rings. The lowest BCUT2D eigenvalue weighted by Crippen LogP contribution is -2.53. The highest BCUT2D eigenvalue weighted by Crippen LogP contribution is 2.36. The van der Waals surface area contributed by atoms with Crippen molar-refractivity contribution in [3.8, 4) is 0 Å². The summed E-state index contributed by atoms with van der Waals surface area (Å²) < 4.78 is 28.5. The Balaban J connectivity index is 1.33. The highest BCUT2D eigenvalue weighted by molar-refractivity contribution is 7.89. The summed E-state index contributed by atoms with van der Waals surface area (Å²) in [6.45, 7) is 6.39. The van der Waals surface area contributed by atoms with E-state index in [2.05, 4.69) is 36.9 Å². The SMILES string of the molecule is Cc1cccc(N2CCN(S(=O)(=O)c3ccc4c(c3)CCN4C(=O)C3CCC3)CC2C)c1. The van der Waals surface area contributed by atoms with Gasteiger partial charge in [-0.3, -0.25) is 4.79 Å². The summed E-state index contributed by atoms with van der Waals surface area (Å²) in [4.78, 5) is 17.2. The van der Waals surface area contributed by atoms with Gasteiger partial charge in [-0.2, -0.15) is 4.31 Å². The summed E-state index contributed by atoms with van der Waals surface area (Å²) in [5.74, 6) is 0.349. The maximum Gasteiger partial charge on any atom is 0.243 e. The van der Waals surface area contributed by atoms with E-state index in [-0.39, 0.29) is 17.9 Å². The number of hydrogen-bond acceptors (Lipinski definition) is 4. The molecule has 1 amide bonds. The summed E-state index contributed by atoms with van der Waals surface area (Å²) in [6, 6.07) is 13.7. The van der Waals surface area contributed by atoms with E-state index in [0.29, 0.717) is 37.5 Å². The van der Waals surface area contributed by atoms with Crippen LogP contribution in [0.1, 0.15) is 37.3 Å². The van der Waals surface area contributed by atoms with Crippen LogP contribution in [0.4, 0.5) is 11.4 Å². The number of hydrogen-bond donors (Lipinski definition) is 0. The average Bonchev–Trinajstić information content (AvgIpc) is 3.15.